The lowest BCUT2D eigenvalue weighted by atomic mass is 10.0. The maximum Gasteiger partial charge on any atom is 0.306 e. The highest BCUT2D eigenvalue weighted by atomic mass is 16.6. The van der Waals surface area contributed by atoms with Gasteiger partial charge in [-0.3, -0.25) is 9.59 Å². The molecule has 0 aliphatic heterocycles. The second kappa shape index (κ2) is 37.7. The molecule has 0 saturated heterocycles. The lowest BCUT2D eigenvalue weighted by Gasteiger charge is -2.34. The van der Waals surface area contributed by atoms with Gasteiger partial charge in [0.2, 0.25) is 0 Å². The van der Waals surface area contributed by atoms with E-state index in [1.165, 1.54) is 51.4 Å². The van der Waals surface area contributed by atoms with Crippen molar-refractivity contribution in [3.05, 3.63) is 72.9 Å². The molecule has 0 heterocycles. The van der Waals surface area contributed by atoms with Crippen molar-refractivity contribution in [1.29, 1.82) is 0 Å². The molecule has 0 spiro atoms. The second-order valence-corrected chi connectivity index (χ2v) is 15.2. The molecule has 0 saturated carbocycles. The number of nitrogens with zero attached hydrogens (tertiary/aromatic N) is 1. The fraction of sp³-hybridized carbons (Fsp3) is 0.681. The summed E-state index contributed by atoms with van der Waals surface area (Å²) in [6.45, 7) is 4.36. The molecule has 314 valence electrons. The van der Waals surface area contributed by atoms with Crippen LogP contribution in [0.1, 0.15) is 155 Å². The molecule has 0 aromatic rings. The van der Waals surface area contributed by atoms with E-state index < -0.39 is 18.1 Å². The number of carbonyl (C=O) groups is 3. The number of aliphatic carboxylic acids is 1. The van der Waals surface area contributed by atoms with E-state index in [-0.39, 0.29) is 49.1 Å². The van der Waals surface area contributed by atoms with Gasteiger partial charge in [-0.2, -0.15) is 0 Å². The van der Waals surface area contributed by atoms with E-state index in [0.29, 0.717) is 12.8 Å². The van der Waals surface area contributed by atoms with Crippen LogP contribution in [-0.2, 0) is 28.6 Å². The van der Waals surface area contributed by atoms with Crippen LogP contribution >= 0.6 is 0 Å². The highest BCUT2D eigenvalue weighted by Gasteiger charge is 2.25. The molecule has 0 aromatic heterocycles. The summed E-state index contributed by atoms with van der Waals surface area (Å²) in [5.74, 6) is -1.82. The van der Waals surface area contributed by atoms with Crippen LogP contribution in [0.5, 0.6) is 0 Å². The van der Waals surface area contributed by atoms with Gasteiger partial charge in [0.15, 0.2) is 6.10 Å². The molecule has 0 aliphatic carbocycles. The topological polar surface area (TPSA) is 102 Å². The first-order valence-electron chi connectivity index (χ1n) is 21.5. The molecule has 0 N–H and O–H groups in total. The zero-order valence-corrected chi connectivity index (χ0v) is 35.6. The molecule has 2 atom stereocenters. The van der Waals surface area contributed by atoms with Gasteiger partial charge < -0.3 is 28.6 Å². The van der Waals surface area contributed by atoms with Crippen LogP contribution in [0.15, 0.2) is 72.9 Å². The van der Waals surface area contributed by atoms with Crippen molar-refractivity contribution < 1.29 is 38.2 Å². The summed E-state index contributed by atoms with van der Waals surface area (Å²) in [7, 11) is 5.38. The summed E-state index contributed by atoms with van der Waals surface area (Å²) in [4.78, 5) is 36.7. The fourth-order valence-electron chi connectivity index (χ4n) is 5.81. The molecular formula is C47H79NO7. The number of likely N-dealkylation sites (N-methyl/N-ethyl adjacent to an activating group) is 1. The quantitative estimate of drug-likeness (QED) is 0.0268. The third kappa shape index (κ3) is 36.2. The standard InChI is InChI=1S/C47H79NO7/c1-6-8-10-12-14-16-18-19-20-21-22-23-24-25-26-28-30-32-34-36-38-46(50)55-43(41-53-40-39-44(47(51)52)48(3,4)5)42-54-45(49)37-35-33-31-29-27-17-15-13-11-9-7-2/h8-11,14-17,19-20,29,31,43-44H,6-7,12-13,18,21-28,30,32-42H2,1-5H3/b10-8+,11-9+,16-14+,17-15+,20-19+,31-29+. The number of hydrogen-bond acceptors (Lipinski definition) is 7. The zero-order chi connectivity index (χ0) is 40.7. The number of quaternary nitrogens is 1. The van der Waals surface area contributed by atoms with E-state index in [0.717, 1.165) is 64.2 Å². The van der Waals surface area contributed by atoms with E-state index in [1.54, 1.807) is 21.1 Å². The Balaban J connectivity index is 4.36. The number of carbonyl (C=O) groups excluding carboxylic acids is 3. The fourth-order valence-corrected chi connectivity index (χ4v) is 5.81. The Morgan fingerprint density at radius 3 is 1.47 bits per heavy atom. The van der Waals surface area contributed by atoms with Gasteiger partial charge in [-0.15, -0.1) is 0 Å². The van der Waals surface area contributed by atoms with Crippen molar-refractivity contribution in [2.45, 2.75) is 167 Å². The highest BCUT2D eigenvalue weighted by Crippen LogP contribution is 2.14. The van der Waals surface area contributed by atoms with Crippen molar-refractivity contribution in [3.8, 4) is 0 Å². The minimum Gasteiger partial charge on any atom is -0.544 e. The second-order valence-electron chi connectivity index (χ2n) is 15.2. The van der Waals surface area contributed by atoms with Gasteiger partial charge in [0.1, 0.15) is 12.6 Å². The van der Waals surface area contributed by atoms with Crippen LogP contribution in [0.25, 0.3) is 0 Å². The molecule has 55 heavy (non-hydrogen) atoms. The SMILES string of the molecule is CC/C=C/C/C=C/C/C=C/CCCCCCCCCCCCC(=O)OC(COCCC(C(=O)[O-])[N+](C)(C)C)COC(=O)CCC/C=C/C/C=C/C/C=C/CC. The Morgan fingerprint density at radius 1 is 0.545 bits per heavy atom. The smallest absolute Gasteiger partial charge is 0.306 e. The van der Waals surface area contributed by atoms with Gasteiger partial charge >= 0.3 is 11.9 Å². The van der Waals surface area contributed by atoms with Crippen molar-refractivity contribution in [1.82, 2.24) is 0 Å². The van der Waals surface area contributed by atoms with Crippen LogP contribution < -0.4 is 5.11 Å². The molecule has 0 amide bonds. The minimum absolute atomic E-state index is 0.0200. The van der Waals surface area contributed by atoms with E-state index in [9.17, 15) is 19.5 Å². The first-order valence-corrected chi connectivity index (χ1v) is 21.5. The largest absolute Gasteiger partial charge is 0.544 e. The zero-order valence-electron chi connectivity index (χ0n) is 35.6. The third-order valence-corrected chi connectivity index (χ3v) is 9.09. The number of ether oxygens (including phenoxy) is 3. The van der Waals surface area contributed by atoms with Crippen molar-refractivity contribution in [3.63, 3.8) is 0 Å². The molecule has 2 unspecified atom stereocenters. The van der Waals surface area contributed by atoms with Crippen LogP contribution in [0, 0.1) is 0 Å². The molecule has 0 aromatic carbocycles. The van der Waals surface area contributed by atoms with Crippen LogP contribution in [0.3, 0.4) is 0 Å². The van der Waals surface area contributed by atoms with Gasteiger partial charge in [-0.1, -0.05) is 138 Å². The highest BCUT2D eigenvalue weighted by molar-refractivity contribution is 5.70. The molecule has 8 nitrogen and oxygen atoms in total. The lowest BCUT2D eigenvalue weighted by molar-refractivity contribution is -0.889. The molecule has 0 fully saturated rings. The predicted molar refractivity (Wildman–Crippen MR) is 226 cm³/mol. The first-order chi connectivity index (χ1) is 26.6. The van der Waals surface area contributed by atoms with Gasteiger partial charge in [-0.25, -0.2) is 0 Å². The molecule has 8 heteroatoms. The summed E-state index contributed by atoms with van der Waals surface area (Å²) in [5, 5.41) is 11.6. The van der Waals surface area contributed by atoms with Gasteiger partial charge in [0.25, 0.3) is 0 Å². The maximum atomic E-state index is 12.7. The number of unbranched alkanes of at least 4 members (excludes halogenated alkanes) is 11. The number of esters is 2. The van der Waals surface area contributed by atoms with E-state index >= 15 is 0 Å². The Morgan fingerprint density at radius 2 is 0.982 bits per heavy atom. The maximum absolute atomic E-state index is 12.7. The number of hydrogen-bond donors (Lipinski definition) is 0. The monoisotopic (exact) mass is 770 g/mol. The summed E-state index contributed by atoms with van der Waals surface area (Å²) in [5.41, 5.74) is 0. The van der Waals surface area contributed by atoms with Crippen molar-refractivity contribution in [2.75, 3.05) is 41.0 Å². The number of rotatable bonds is 37. The normalized spacial score (nSPS) is 13.7. The van der Waals surface area contributed by atoms with Gasteiger partial charge in [0, 0.05) is 19.3 Å². The van der Waals surface area contributed by atoms with Gasteiger partial charge in [0.05, 0.1) is 40.3 Å². The summed E-state index contributed by atoms with van der Waals surface area (Å²) in [6.07, 6.45) is 46.6. The Hall–Kier alpha value is -3.23. The summed E-state index contributed by atoms with van der Waals surface area (Å²) in [6, 6.07) is -0.736. The molecular weight excluding hydrogens is 691 g/mol. The molecule has 0 radical (unpaired) electrons. The van der Waals surface area contributed by atoms with Crippen LogP contribution in [0.4, 0.5) is 0 Å². The summed E-state index contributed by atoms with van der Waals surface area (Å²) < 4.78 is 17.1. The lowest BCUT2D eigenvalue weighted by Crippen LogP contribution is -2.55. The Labute approximate surface area is 336 Å². The van der Waals surface area contributed by atoms with E-state index in [4.69, 9.17) is 14.2 Å². The minimum atomic E-state index is -1.14. The molecule has 0 bridgehead atoms. The Bertz CT molecular complexity index is 1130. The van der Waals surface area contributed by atoms with Gasteiger partial charge in [-0.05, 0) is 70.6 Å². The molecule has 0 rings (SSSR count). The van der Waals surface area contributed by atoms with Crippen LogP contribution in [0.2, 0.25) is 0 Å². The predicted octanol–water partition coefficient (Wildman–Crippen LogP) is 10.2. The number of allylic oxidation sites excluding steroid dienone is 12. The number of carboxylic acids is 1. The van der Waals surface area contributed by atoms with Crippen LogP contribution in [-0.4, -0.2) is 75.5 Å². The third-order valence-electron chi connectivity index (χ3n) is 9.09. The van der Waals surface area contributed by atoms with Crippen molar-refractivity contribution in [2.24, 2.45) is 0 Å². The molecule has 0 aliphatic rings. The van der Waals surface area contributed by atoms with E-state index in [2.05, 4.69) is 86.8 Å². The average molecular weight is 770 g/mol. The number of carboxylic acid groups (broad SMARTS) is 1. The average Bonchev–Trinajstić information content (AvgIpc) is 3.14. The summed E-state index contributed by atoms with van der Waals surface area (Å²) >= 11 is 0. The van der Waals surface area contributed by atoms with E-state index in [1.807, 2.05) is 0 Å². The first kappa shape index (κ1) is 51.8. The van der Waals surface area contributed by atoms with Crippen molar-refractivity contribution >= 4 is 17.9 Å². The Kier molecular flexibility index (Phi) is 35.5.